The van der Waals surface area contributed by atoms with E-state index in [0.29, 0.717) is 11.3 Å². The Morgan fingerprint density at radius 1 is 1.24 bits per heavy atom. The van der Waals surface area contributed by atoms with Crippen molar-refractivity contribution in [3.05, 3.63) is 38.0 Å². The van der Waals surface area contributed by atoms with Crippen molar-refractivity contribution < 1.29 is 0 Å². The molecule has 0 aliphatic carbocycles. The van der Waals surface area contributed by atoms with E-state index in [1.807, 2.05) is 16.7 Å². The Morgan fingerprint density at radius 3 is 2.59 bits per heavy atom. The van der Waals surface area contributed by atoms with Crippen molar-refractivity contribution in [1.82, 2.24) is 19.5 Å². The Bertz CT molecular complexity index is 533. The van der Waals surface area contributed by atoms with Crippen LogP contribution >= 0.6 is 0 Å². The molecular weight excluding hydrogens is 214 g/mol. The smallest absolute Gasteiger partial charge is 0.165 e. The molecule has 0 unspecified atom stereocenters. The van der Waals surface area contributed by atoms with Gasteiger partial charge in [0.15, 0.2) is 11.5 Å². The molecule has 0 radical (unpaired) electrons. The van der Waals surface area contributed by atoms with Crippen LogP contribution in [-0.2, 0) is 0 Å². The van der Waals surface area contributed by atoms with Gasteiger partial charge < -0.3 is 10.3 Å². The van der Waals surface area contributed by atoms with Gasteiger partial charge in [-0.2, -0.15) is 0 Å². The first-order chi connectivity index (χ1) is 8.27. The number of aromatic nitrogens is 4. The van der Waals surface area contributed by atoms with Crippen LogP contribution in [0.5, 0.6) is 0 Å². The minimum atomic E-state index is 0.226. The summed E-state index contributed by atoms with van der Waals surface area (Å²) in [6, 6.07) is 0.226. The summed E-state index contributed by atoms with van der Waals surface area (Å²) in [6.45, 7) is 7.53. The molecule has 2 aromatic rings. The van der Waals surface area contributed by atoms with Crippen LogP contribution in [0.3, 0.4) is 0 Å². The normalized spacial score (nSPS) is 10.9. The van der Waals surface area contributed by atoms with Crippen molar-refractivity contribution in [3.63, 3.8) is 0 Å². The summed E-state index contributed by atoms with van der Waals surface area (Å²) in [5.41, 5.74) is 7.15. The maximum Gasteiger partial charge on any atom is 0.165 e. The standard InChI is InChI=1S/C12H15N5/c1-3-5-9(6-4-2)17-8-16-10-11(13)14-7-15-12(10)17/h3-4,7-9H,1-2,5-6H2,(H2,13,14,15). The van der Waals surface area contributed by atoms with E-state index in [1.54, 1.807) is 6.33 Å². The van der Waals surface area contributed by atoms with Gasteiger partial charge in [-0.25, -0.2) is 15.0 Å². The number of nitrogens with two attached hydrogens (primary N) is 1. The number of hydrogen-bond acceptors (Lipinski definition) is 4. The second-order valence-electron chi connectivity index (χ2n) is 3.79. The lowest BCUT2D eigenvalue weighted by Crippen LogP contribution is -2.07. The first kappa shape index (κ1) is 11.3. The zero-order chi connectivity index (χ0) is 12.3. The lowest BCUT2D eigenvalue weighted by Gasteiger charge is -2.15. The van der Waals surface area contributed by atoms with Gasteiger partial charge in [-0.05, 0) is 12.8 Å². The molecule has 0 aliphatic rings. The molecule has 88 valence electrons. The van der Waals surface area contributed by atoms with Gasteiger partial charge in [-0.3, -0.25) is 0 Å². The summed E-state index contributed by atoms with van der Waals surface area (Å²) in [5.74, 6) is 0.407. The highest BCUT2D eigenvalue weighted by Crippen LogP contribution is 2.23. The van der Waals surface area contributed by atoms with E-state index < -0.39 is 0 Å². The van der Waals surface area contributed by atoms with E-state index in [4.69, 9.17) is 5.73 Å². The predicted molar refractivity (Wildman–Crippen MR) is 68.4 cm³/mol. The molecule has 2 heterocycles. The molecule has 0 saturated carbocycles. The molecule has 0 bridgehead atoms. The number of nitrogens with zero attached hydrogens (tertiary/aromatic N) is 4. The zero-order valence-electron chi connectivity index (χ0n) is 9.58. The van der Waals surface area contributed by atoms with Gasteiger partial charge in [0, 0.05) is 6.04 Å². The van der Waals surface area contributed by atoms with Crippen LogP contribution in [-0.4, -0.2) is 19.5 Å². The molecule has 0 saturated heterocycles. The van der Waals surface area contributed by atoms with Gasteiger partial charge in [0.1, 0.15) is 11.8 Å². The fourth-order valence-electron chi connectivity index (χ4n) is 1.85. The van der Waals surface area contributed by atoms with Crippen LogP contribution in [0.25, 0.3) is 11.2 Å². The number of allylic oxidation sites excluding steroid dienone is 2. The van der Waals surface area contributed by atoms with Crippen LogP contribution in [0.4, 0.5) is 5.82 Å². The molecule has 0 aromatic carbocycles. The highest BCUT2D eigenvalue weighted by Gasteiger charge is 2.14. The third kappa shape index (κ3) is 2.04. The van der Waals surface area contributed by atoms with E-state index >= 15 is 0 Å². The summed E-state index contributed by atoms with van der Waals surface area (Å²) >= 11 is 0. The molecule has 5 heteroatoms. The third-order valence-electron chi connectivity index (χ3n) is 2.66. The quantitative estimate of drug-likeness (QED) is 0.797. The molecule has 2 aromatic heterocycles. The highest BCUT2D eigenvalue weighted by atomic mass is 15.1. The number of rotatable bonds is 5. The second-order valence-corrected chi connectivity index (χ2v) is 3.79. The molecule has 2 N–H and O–H groups in total. The molecule has 5 nitrogen and oxygen atoms in total. The molecular formula is C12H15N5. The third-order valence-corrected chi connectivity index (χ3v) is 2.66. The van der Waals surface area contributed by atoms with Gasteiger partial charge in [-0.1, -0.05) is 12.2 Å². The van der Waals surface area contributed by atoms with Crippen molar-refractivity contribution in [1.29, 1.82) is 0 Å². The van der Waals surface area contributed by atoms with Gasteiger partial charge in [0.25, 0.3) is 0 Å². The summed E-state index contributed by atoms with van der Waals surface area (Å²) in [7, 11) is 0. The lowest BCUT2D eigenvalue weighted by molar-refractivity contribution is 0.523. The minimum Gasteiger partial charge on any atom is -0.382 e. The van der Waals surface area contributed by atoms with Crippen LogP contribution in [0.2, 0.25) is 0 Å². The number of anilines is 1. The molecule has 0 spiro atoms. The van der Waals surface area contributed by atoms with Crippen molar-refractivity contribution >= 4 is 17.0 Å². The zero-order valence-corrected chi connectivity index (χ0v) is 9.58. The van der Waals surface area contributed by atoms with Crippen molar-refractivity contribution in [2.75, 3.05) is 5.73 Å². The summed E-state index contributed by atoms with van der Waals surface area (Å²) in [4.78, 5) is 12.4. The topological polar surface area (TPSA) is 69.6 Å². The number of nitrogen functional groups attached to an aromatic ring is 1. The molecule has 17 heavy (non-hydrogen) atoms. The van der Waals surface area contributed by atoms with Gasteiger partial charge in [0.05, 0.1) is 6.33 Å². The monoisotopic (exact) mass is 229 g/mol. The van der Waals surface area contributed by atoms with Crippen molar-refractivity contribution in [2.45, 2.75) is 18.9 Å². The van der Waals surface area contributed by atoms with Gasteiger partial charge in [0.2, 0.25) is 0 Å². The molecule has 2 rings (SSSR count). The van der Waals surface area contributed by atoms with Crippen LogP contribution in [0.15, 0.2) is 38.0 Å². The van der Waals surface area contributed by atoms with E-state index in [2.05, 4.69) is 28.1 Å². The molecule has 0 amide bonds. The van der Waals surface area contributed by atoms with Gasteiger partial charge in [-0.15, -0.1) is 13.2 Å². The first-order valence-electron chi connectivity index (χ1n) is 5.42. The van der Waals surface area contributed by atoms with Gasteiger partial charge >= 0.3 is 0 Å². The van der Waals surface area contributed by atoms with Crippen LogP contribution < -0.4 is 5.73 Å². The Hall–Kier alpha value is -2.17. The fourth-order valence-corrected chi connectivity index (χ4v) is 1.85. The van der Waals surface area contributed by atoms with E-state index in [1.165, 1.54) is 6.33 Å². The number of fused-ring (bicyclic) bond motifs is 1. The SMILES string of the molecule is C=CCC(CC=C)n1cnc2c(N)ncnc21. The van der Waals surface area contributed by atoms with Crippen LogP contribution in [0.1, 0.15) is 18.9 Å². The fraction of sp³-hybridized carbons (Fsp3) is 0.250. The Balaban J connectivity index is 2.49. The highest BCUT2D eigenvalue weighted by molar-refractivity contribution is 5.81. The first-order valence-corrected chi connectivity index (χ1v) is 5.42. The maximum atomic E-state index is 5.75. The average Bonchev–Trinajstić information content (AvgIpc) is 2.74. The number of imidazole rings is 1. The lowest BCUT2D eigenvalue weighted by atomic mass is 10.1. The average molecular weight is 229 g/mol. The molecule has 0 fully saturated rings. The summed E-state index contributed by atoms with van der Waals surface area (Å²) < 4.78 is 2.00. The number of hydrogen-bond donors (Lipinski definition) is 1. The minimum absolute atomic E-state index is 0.226. The van der Waals surface area contributed by atoms with Crippen molar-refractivity contribution in [3.8, 4) is 0 Å². The Labute approximate surface area is 99.7 Å². The molecule has 0 aliphatic heterocycles. The molecule has 0 atom stereocenters. The van der Waals surface area contributed by atoms with Crippen molar-refractivity contribution in [2.24, 2.45) is 0 Å². The Morgan fingerprint density at radius 2 is 1.94 bits per heavy atom. The maximum absolute atomic E-state index is 5.75. The largest absolute Gasteiger partial charge is 0.382 e. The van der Waals surface area contributed by atoms with Crippen LogP contribution in [0, 0.1) is 0 Å². The van der Waals surface area contributed by atoms with E-state index in [-0.39, 0.29) is 6.04 Å². The predicted octanol–water partition coefficient (Wildman–Crippen LogP) is 2.10. The van der Waals surface area contributed by atoms with E-state index in [0.717, 1.165) is 18.5 Å². The van der Waals surface area contributed by atoms with E-state index in [9.17, 15) is 0 Å². The Kier molecular flexibility index (Phi) is 3.18. The summed E-state index contributed by atoms with van der Waals surface area (Å²) in [6.07, 6.45) is 8.62. The summed E-state index contributed by atoms with van der Waals surface area (Å²) in [5, 5.41) is 0. The second kappa shape index (κ2) is 4.78.